The maximum Gasteiger partial charge on any atom is 0.291 e. The van der Waals surface area contributed by atoms with Crippen molar-refractivity contribution in [1.82, 2.24) is 24.4 Å². The standard InChI is InChI=1S/C28H20FN5O3S/c1-36-21-11-8-17(9-12-21)26-30-28-34(32-26)27(35)24(38-28)15-19-16-33(20-6-4-3-5-7-20)31-25(19)18-10-13-23(37-2)22(29)14-18/h3-16H,1-2H3/b24-15-. The van der Waals surface area contributed by atoms with Crippen molar-refractivity contribution < 1.29 is 13.9 Å². The Labute approximate surface area is 219 Å². The molecule has 38 heavy (non-hydrogen) atoms. The molecular formula is C28H20FN5O3S. The molecule has 0 N–H and O–H groups in total. The van der Waals surface area contributed by atoms with Crippen molar-refractivity contribution in [2.24, 2.45) is 0 Å². The molecule has 0 amide bonds. The van der Waals surface area contributed by atoms with Gasteiger partial charge in [-0.1, -0.05) is 29.5 Å². The molecular weight excluding hydrogens is 505 g/mol. The third-order valence-corrected chi connectivity index (χ3v) is 6.96. The van der Waals surface area contributed by atoms with Crippen molar-refractivity contribution >= 4 is 22.4 Å². The normalized spacial score (nSPS) is 11.8. The van der Waals surface area contributed by atoms with E-state index in [-0.39, 0.29) is 11.3 Å². The molecule has 3 aromatic heterocycles. The van der Waals surface area contributed by atoms with Gasteiger partial charge in [-0.3, -0.25) is 4.79 Å². The van der Waals surface area contributed by atoms with Crippen LogP contribution in [0, 0.1) is 5.82 Å². The first-order valence-electron chi connectivity index (χ1n) is 11.6. The number of ether oxygens (including phenoxy) is 2. The summed E-state index contributed by atoms with van der Waals surface area (Å²) in [6, 6.07) is 21.5. The number of hydrogen-bond acceptors (Lipinski definition) is 7. The van der Waals surface area contributed by atoms with Gasteiger partial charge in [-0.25, -0.2) is 9.07 Å². The molecule has 6 rings (SSSR count). The zero-order valence-corrected chi connectivity index (χ0v) is 21.1. The van der Waals surface area contributed by atoms with Gasteiger partial charge >= 0.3 is 0 Å². The lowest BCUT2D eigenvalue weighted by molar-refractivity contribution is 0.386. The molecule has 3 aromatic carbocycles. The average Bonchev–Trinajstić information content (AvgIpc) is 3.64. The lowest BCUT2D eigenvalue weighted by atomic mass is 10.1. The Kier molecular flexibility index (Phi) is 5.93. The van der Waals surface area contributed by atoms with Crippen molar-refractivity contribution in [2.75, 3.05) is 14.2 Å². The monoisotopic (exact) mass is 525 g/mol. The molecule has 10 heteroatoms. The molecule has 3 heterocycles. The molecule has 188 valence electrons. The van der Waals surface area contributed by atoms with Gasteiger partial charge in [-0.2, -0.15) is 14.6 Å². The fourth-order valence-electron chi connectivity index (χ4n) is 4.08. The van der Waals surface area contributed by atoms with E-state index in [1.165, 1.54) is 29.0 Å². The Balaban J connectivity index is 1.46. The number of benzene rings is 3. The summed E-state index contributed by atoms with van der Waals surface area (Å²) in [6.07, 6.45) is 3.55. The van der Waals surface area contributed by atoms with E-state index in [4.69, 9.17) is 14.6 Å². The van der Waals surface area contributed by atoms with E-state index in [1.54, 1.807) is 30.0 Å². The number of para-hydroxylation sites is 1. The summed E-state index contributed by atoms with van der Waals surface area (Å²) in [5.74, 6) is 0.815. The largest absolute Gasteiger partial charge is 0.497 e. The molecule has 0 aliphatic heterocycles. The molecule has 0 saturated carbocycles. The highest BCUT2D eigenvalue weighted by atomic mass is 32.1. The maximum atomic E-state index is 14.6. The van der Waals surface area contributed by atoms with Crippen LogP contribution in [0.2, 0.25) is 0 Å². The van der Waals surface area contributed by atoms with E-state index in [1.807, 2.05) is 60.8 Å². The van der Waals surface area contributed by atoms with Crippen LogP contribution in [0.4, 0.5) is 4.39 Å². The Morgan fingerprint density at radius 1 is 0.921 bits per heavy atom. The van der Waals surface area contributed by atoms with Gasteiger partial charge < -0.3 is 9.47 Å². The Morgan fingerprint density at radius 2 is 1.68 bits per heavy atom. The third kappa shape index (κ3) is 4.20. The van der Waals surface area contributed by atoms with Crippen LogP contribution in [-0.2, 0) is 0 Å². The number of nitrogens with zero attached hydrogens (tertiary/aromatic N) is 5. The van der Waals surface area contributed by atoms with Gasteiger partial charge in [0.15, 0.2) is 17.4 Å². The molecule has 0 saturated heterocycles. The first-order chi connectivity index (χ1) is 18.5. The summed E-state index contributed by atoms with van der Waals surface area (Å²) < 4.78 is 28.3. The van der Waals surface area contributed by atoms with E-state index < -0.39 is 5.82 Å². The van der Waals surface area contributed by atoms with Crippen molar-refractivity contribution in [2.45, 2.75) is 0 Å². The molecule has 8 nitrogen and oxygen atoms in total. The zero-order valence-electron chi connectivity index (χ0n) is 20.3. The molecule has 0 spiro atoms. The highest BCUT2D eigenvalue weighted by Crippen LogP contribution is 2.28. The second-order valence-corrected chi connectivity index (χ2v) is 9.35. The molecule has 0 fully saturated rings. The van der Waals surface area contributed by atoms with Crippen molar-refractivity contribution in [3.05, 3.63) is 105 Å². The SMILES string of the molecule is COc1ccc(-c2nc3s/c(=C\c4cn(-c5ccccc5)nc4-c4ccc(OC)c(F)c4)c(=O)n3n2)cc1. The summed E-state index contributed by atoms with van der Waals surface area (Å²) in [7, 11) is 3.01. The highest BCUT2D eigenvalue weighted by Gasteiger charge is 2.16. The van der Waals surface area contributed by atoms with Gasteiger partial charge in [0.1, 0.15) is 11.4 Å². The minimum atomic E-state index is -0.500. The van der Waals surface area contributed by atoms with Crippen LogP contribution in [0.1, 0.15) is 5.56 Å². The van der Waals surface area contributed by atoms with E-state index in [0.29, 0.717) is 32.1 Å². The van der Waals surface area contributed by atoms with E-state index in [9.17, 15) is 9.18 Å². The van der Waals surface area contributed by atoms with Crippen LogP contribution >= 0.6 is 11.3 Å². The summed E-state index contributed by atoms with van der Waals surface area (Å²) in [4.78, 5) is 18.3. The first kappa shape index (κ1) is 23.6. The fraction of sp³-hybridized carbons (Fsp3) is 0.0714. The predicted octanol–water partition coefficient (Wildman–Crippen LogP) is 4.37. The summed E-state index contributed by atoms with van der Waals surface area (Å²) in [5.41, 5.74) is 3.04. The zero-order chi connectivity index (χ0) is 26.2. The fourth-order valence-corrected chi connectivity index (χ4v) is 4.98. The Hall–Kier alpha value is -4.83. The maximum absolute atomic E-state index is 14.6. The number of aromatic nitrogens is 5. The number of fused-ring (bicyclic) bond motifs is 1. The summed E-state index contributed by atoms with van der Waals surface area (Å²) in [6.45, 7) is 0. The molecule has 0 atom stereocenters. The van der Waals surface area contributed by atoms with Crippen LogP contribution in [0.5, 0.6) is 11.5 Å². The highest BCUT2D eigenvalue weighted by molar-refractivity contribution is 7.15. The van der Waals surface area contributed by atoms with Gasteiger partial charge in [-0.05, 0) is 60.7 Å². The van der Waals surface area contributed by atoms with Crippen molar-refractivity contribution in [3.63, 3.8) is 0 Å². The summed E-state index contributed by atoms with van der Waals surface area (Å²) >= 11 is 1.23. The lowest BCUT2D eigenvalue weighted by Crippen LogP contribution is -2.23. The van der Waals surface area contributed by atoms with Gasteiger partial charge in [0.05, 0.1) is 24.4 Å². The Bertz CT molecular complexity index is 1880. The van der Waals surface area contributed by atoms with E-state index in [2.05, 4.69) is 10.1 Å². The lowest BCUT2D eigenvalue weighted by Gasteiger charge is -2.04. The number of hydrogen-bond donors (Lipinski definition) is 0. The average molecular weight is 526 g/mol. The van der Waals surface area contributed by atoms with Gasteiger partial charge in [0.25, 0.3) is 5.56 Å². The van der Waals surface area contributed by atoms with Crippen LogP contribution < -0.4 is 19.6 Å². The molecule has 0 radical (unpaired) electrons. The van der Waals surface area contributed by atoms with E-state index in [0.717, 1.165) is 17.0 Å². The minimum Gasteiger partial charge on any atom is -0.497 e. The van der Waals surface area contributed by atoms with Crippen LogP contribution in [-0.4, -0.2) is 38.6 Å². The quantitative estimate of drug-likeness (QED) is 0.321. The third-order valence-electron chi connectivity index (χ3n) is 6.01. The molecule has 0 aliphatic rings. The minimum absolute atomic E-state index is 0.141. The van der Waals surface area contributed by atoms with Gasteiger partial charge in [0, 0.05) is 22.9 Å². The van der Waals surface area contributed by atoms with E-state index >= 15 is 0 Å². The number of methoxy groups -OCH3 is 2. The number of rotatable bonds is 6. The second-order valence-electron chi connectivity index (χ2n) is 8.34. The predicted molar refractivity (Wildman–Crippen MR) is 143 cm³/mol. The van der Waals surface area contributed by atoms with Crippen LogP contribution in [0.15, 0.2) is 83.8 Å². The van der Waals surface area contributed by atoms with Crippen molar-refractivity contribution in [1.29, 1.82) is 0 Å². The van der Waals surface area contributed by atoms with Gasteiger partial charge in [-0.15, -0.1) is 5.10 Å². The van der Waals surface area contributed by atoms with Gasteiger partial charge in [0.2, 0.25) is 4.96 Å². The van der Waals surface area contributed by atoms with Crippen LogP contribution in [0.3, 0.4) is 0 Å². The smallest absolute Gasteiger partial charge is 0.291 e. The molecule has 0 unspecified atom stereocenters. The van der Waals surface area contributed by atoms with Crippen LogP contribution in [0.25, 0.3) is 39.4 Å². The Morgan fingerprint density at radius 3 is 2.37 bits per heavy atom. The first-order valence-corrected chi connectivity index (χ1v) is 12.4. The molecule has 0 bridgehead atoms. The molecule has 6 aromatic rings. The summed E-state index contributed by atoms with van der Waals surface area (Å²) in [5, 5.41) is 9.14. The molecule has 0 aliphatic carbocycles. The number of halogens is 1. The number of thiazole rings is 1. The second kappa shape index (κ2) is 9.56. The van der Waals surface area contributed by atoms with Crippen molar-refractivity contribution in [3.8, 4) is 39.8 Å². The topological polar surface area (TPSA) is 83.5 Å².